The SMILES string of the molecule is CC(O)(Cc1cn(-c2ccccc2O)nn1)c1ccc(F)cc1. The fourth-order valence-corrected chi connectivity index (χ4v) is 2.42. The molecule has 2 N–H and O–H groups in total. The molecular formula is C17H16FN3O2. The van der Waals surface area contributed by atoms with E-state index in [9.17, 15) is 14.6 Å². The van der Waals surface area contributed by atoms with Gasteiger partial charge in [0.1, 0.15) is 17.3 Å². The number of phenols is 1. The minimum absolute atomic E-state index is 0.0919. The third-order valence-electron chi connectivity index (χ3n) is 3.66. The highest BCUT2D eigenvalue weighted by molar-refractivity contribution is 5.44. The van der Waals surface area contributed by atoms with Crippen molar-refractivity contribution in [2.45, 2.75) is 18.9 Å². The van der Waals surface area contributed by atoms with Crippen LogP contribution in [-0.4, -0.2) is 25.2 Å². The quantitative estimate of drug-likeness (QED) is 0.776. The number of aliphatic hydroxyl groups is 1. The highest BCUT2D eigenvalue weighted by atomic mass is 19.1. The summed E-state index contributed by atoms with van der Waals surface area (Å²) in [5.41, 5.74) is 0.457. The van der Waals surface area contributed by atoms with Crippen molar-refractivity contribution in [3.8, 4) is 11.4 Å². The van der Waals surface area contributed by atoms with E-state index < -0.39 is 5.60 Å². The van der Waals surface area contributed by atoms with Crippen LogP contribution in [0, 0.1) is 5.82 Å². The van der Waals surface area contributed by atoms with Gasteiger partial charge in [-0.25, -0.2) is 9.07 Å². The maximum absolute atomic E-state index is 13.0. The van der Waals surface area contributed by atoms with Crippen LogP contribution in [0.2, 0.25) is 0 Å². The third kappa shape index (κ3) is 3.22. The molecule has 2 aromatic carbocycles. The molecule has 0 aliphatic heterocycles. The smallest absolute Gasteiger partial charge is 0.141 e. The van der Waals surface area contributed by atoms with Crippen molar-refractivity contribution in [2.24, 2.45) is 0 Å². The number of phenolic OH excluding ortho intramolecular Hbond substituents is 1. The first-order valence-electron chi connectivity index (χ1n) is 7.14. The number of aromatic nitrogens is 3. The van der Waals surface area contributed by atoms with Crippen molar-refractivity contribution in [1.29, 1.82) is 0 Å². The Bertz CT molecular complexity index is 813. The standard InChI is InChI=1S/C17H16FN3O2/c1-17(23,12-6-8-13(18)9-7-12)10-14-11-21(20-19-14)15-4-2-3-5-16(15)22/h2-9,11,22-23H,10H2,1H3. The van der Waals surface area contributed by atoms with Gasteiger partial charge in [-0.05, 0) is 36.8 Å². The molecule has 1 heterocycles. The summed E-state index contributed by atoms with van der Waals surface area (Å²) in [5, 5.41) is 28.5. The average molecular weight is 313 g/mol. The maximum Gasteiger partial charge on any atom is 0.141 e. The first kappa shape index (κ1) is 15.2. The Morgan fingerprint density at radius 1 is 1.13 bits per heavy atom. The van der Waals surface area contributed by atoms with Gasteiger partial charge in [-0.1, -0.05) is 29.5 Å². The number of rotatable bonds is 4. The largest absolute Gasteiger partial charge is 0.506 e. The summed E-state index contributed by atoms with van der Waals surface area (Å²) < 4.78 is 14.4. The molecule has 1 aromatic heterocycles. The zero-order valence-electron chi connectivity index (χ0n) is 12.5. The predicted octanol–water partition coefficient (Wildman–Crippen LogP) is 2.56. The molecule has 23 heavy (non-hydrogen) atoms. The number of nitrogens with zero attached hydrogens (tertiary/aromatic N) is 3. The Balaban J connectivity index is 1.84. The van der Waals surface area contributed by atoms with Gasteiger partial charge in [0.15, 0.2) is 0 Å². The van der Waals surface area contributed by atoms with Gasteiger partial charge in [-0.3, -0.25) is 0 Å². The first-order chi connectivity index (χ1) is 11.0. The molecule has 3 aromatic rings. The summed E-state index contributed by atoms with van der Waals surface area (Å²) in [7, 11) is 0. The van der Waals surface area contributed by atoms with E-state index in [1.165, 1.54) is 16.8 Å². The number of para-hydroxylation sites is 2. The molecule has 1 unspecified atom stereocenters. The lowest BCUT2D eigenvalue weighted by Gasteiger charge is -2.22. The van der Waals surface area contributed by atoms with E-state index in [1.807, 2.05) is 0 Å². The van der Waals surface area contributed by atoms with Crippen molar-refractivity contribution in [1.82, 2.24) is 15.0 Å². The third-order valence-corrected chi connectivity index (χ3v) is 3.66. The molecule has 0 radical (unpaired) electrons. The molecule has 0 aliphatic carbocycles. The predicted molar refractivity (Wildman–Crippen MR) is 82.7 cm³/mol. The Labute approximate surface area is 132 Å². The lowest BCUT2D eigenvalue weighted by molar-refractivity contribution is 0.0565. The van der Waals surface area contributed by atoms with Gasteiger partial charge in [-0.15, -0.1) is 5.10 Å². The van der Waals surface area contributed by atoms with Crippen LogP contribution in [0.5, 0.6) is 5.75 Å². The number of hydrogen-bond acceptors (Lipinski definition) is 4. The van der Waals surface area contributed by atoms with E-state index in [1.54, 1.807) is 49.5 Å². The Hall–Kier alpha value is -2.73. The van der Waals surface area contributed by atoms with E-state index in [0.29, 0.717) is 16.9 Å². The average Bonchev–Trinajstić information content (AvgIpc) is 2.95. The summed E-state index contributed by atoms with van der Waals surface area (Å²) in [6, 6.07) is 12.5. The van der Waals surface area contributed by atoms with Gasteiger partial charge in [0.05, 0.1) is 17.5 Å². The van der Waals surface area contributed by atoms with Crippen LogP contribution in [0.4, 0.5) is 4.39 Å². The number of hydrogen-bond donors (Lipinski definition) is 2. The number of aromatic hydroxyl groups is 1. The molecule has 6 heteroatoms. The molecule has 1 atom stereocenters. The second-order valence-corrected chi connectivity index (χ2v) is 5.60. The maximum atomic E-state index is 13.0. The highest BCUT2D eigenvalue weighted by Gasteiger charge is 2.25. The minimum Gasteiger partial charge on any atom is -0.506 e. The molecule has 0 saturated carbocycles. The molecule has 0 fully saturated rings. The Morgan fingerprint density at radius 3 is 2.52 bits per heavy atom. The van der Waals surface area contributed by atoms with Crippen molar-refractivity contribution < 1.29 is 14.6 Å². The van der Waals surface area contributed by atoms with E-state index in [2.05, 4.69) is 10.3 Å². The zero-order chi connectivity index (χ0) is 16.4. The first-order valence-corrected chi connectivity index (χ1v) is 7.14. The van der Waals surface area contributed by atoms with Crippen LogP contribution in [0.1, 0.15) is 18.2 Å². The second kappa shape index (κ2) is 5.81. The minimum atomic E-state index is -1.20. The Kier molecular flexibility index (Phi) is 3.83. The topological polar surface area (TPSA) is 71.2 Å². The highest BCUT2D eigenvalue weighted by Crippen LogP contribution is 2.26. The normalized spacial score (nSPS) is 13.7. The second-order valence-electron chi connectivity index (χ2n) is 5.60. The summed E-state index contributed by atoms with van der Waals surface area (Å²) in [6.07, 6.45) is 1.86. The van der Waals surface area contributed by atoms with E-state index >= 15 is 0 Å². The molecule has 0 spiro atoms. The van der Waals surface area contributed by atoms with Crippen molar-refractivity contribution in [2.75, 3.05) is 0 Å². The fourth-order valence-electron chi connectivity index (χ4n) is 2.42. The van der Waals surface area contributed by atoms with Crippen LogP contribution < -0.4 is 0 Å². The van der Waals surface area contributed by atoms with Crippen LogP contribution in [0.15, 0.2) is 54.7 Å². The van der Waals surface area contributed by atoms with Crippen LogP contribution in [0.3, 0.4) is 0 Å². The molecule has 5 nitrogen and oxygen atoms in total. The van der Waals surface area contributed by atoms with Gasteiger partial charge in [0, 0.05) is 6.42 Å². The number of halogens is 1. The van der Waals surface area contributed by atoms with Gasteiger partial charge in [-0.2, -0.15) is 0 Å². The molecule has 0 bridgehead atoms. The summed E-state index contributed by atoms with van der Waals surface area (Å²) in [6.45, 7) is 1.64. The fraction of sp³-hybridized carbons (Fsp3) is 0.176. The van der Waals surface area contributed by atoms with Gasteiger partial charge in [0.2, 0.25) is 0 Å². The summed E-state index contributed by atoms with van der Waals surface area (Å²) in [5.74, 6) is -0.260. The van der Waals surface area contributed by atoms with E-state index in [-0.39, 0.29) is 18.0 Å². The van der Waals surface area contributed by atoms with Crippen molar-refractivity contribution in [3.05, 3.63) is 71.8 Å². The zero-order valence-corrected chi connectivity index (χ0v) is 12.5. The van der Waals surface area contributed by atoms with Crippen LogP contribution >= 0.6 is 0 Å². The van der Waals surface area contributed by atoms with E-state index in [4.69, 9.17) is 0 Å². The Morgan fingerprint density at radius 2 is 1.83 bits per heavy atom. The number of benzene rings is 2. The molecule has 0 amide bonds. The lowest BCUT2D eigenvalue weighted by Crippen LogP contribution is -2.24. The van der Waals surface area contributed by atoms with Gasteiger partial charge in [0.25, 0.3) is 0 Å². The van der Waals surface area contributed by atoms with Crippen molar-refractivity contribution in [3.63, 3.8) is 0 Å². The van der Waals surface area contributed by atoms with Crippen LogP contribution in [0.25, 0.3) is 5.69 Å². The monoisotopic (exact) mass is 313 g/mol. The lowest BCUT2D eigenvalue weighted by atomic mass is 9.91. The molecule has 0 aliphatic rings. The molecule has 118 valence electrons. The van der Waals surface area contributed by atoms with Crippen LogP contribution in [-0.2, 0) is 12.0 Å². The summed E-state index contributed by atoms with van der Waals surface area (Å²) in [4.78, 5) is 0. The van der Waals surface area contributed by atoms with Gasteiger partial charge < -0.3 is 10.2 Å². The molecular weight excluding hydrogens is 297 g/mol. The molecule has 0 saturated heterocycles. The molecule has 3 rings (SSSR count). The van der Waals surface area contributed by atoms with Gasteiger partial charge >= 0.3 is 0 Å². The van der Waals surface area contributed by atoms with Crippen molar-refractivity contribution >= 4 is 0 Å². The summed E-state index contributed by atoms with van der Waals surface area (Å²) >= 11 is 0. The van der Waals surface area contributed by atoms with E-state index in [0.717, 1.165) is 0 Å².